The Bertz CT molecular complexity index is 1260. The van der Waals surface area contributed by atoms with Crippen LogP contribution < -0.4 is 16.8 Å². The average Bonchev–Trinajstić information content (AvgIpc) is 3.79. The Morgan fingerprint density at radius 1 is 0.837 bits per heavy atom. The van der Waals surface area contributed by atoms with Gasteiger partial charge in [-0.3, -0.25) is 19.2 Å². The highest BCUT2D eigenvalue weighted by atomic mass is 16.4. The van der Waals surface area contributed by atoms with E-state index < -0.39 is 49.2 Å². The number of benzene rings is 1. The number of nitrogens with zero attached hydrogens (tertiary/aromatic N) is 2. The van der Waals surface area contributed by atoms with Gasteiger partial charge in [-0.25, -0.2) is 0 Å². The van der Waals surface area contributed by atoms with Gasteiger partial charge in [0.25, 0.3) is 0 Å². The quantitative estimate of drug-likeness (QED) is 0.100. The van der Waals surface area contributed by atoms with E-state index >= 15 is 0 Å². The predicted molar refractivity (Wildman–Crippen MR) is 183 cm³/mol. The molecule has 2 amide bonds. The van der Waals surface area contributed by atoms with Crippen molar-refractivity contribution in [2.75, 3.05) is 33.2 Å². The van der Waals surface area contributed by atoms with E-state index in [9.17, 15) is 29.4 Å². The smallest absolute Gasteiger partial charge is 0.451 e. The zero-order chi connectivity index (χ0) is 36.4. The molecule has 4 rings (SSSR count). The predicted octanol–water partition coefficient (Wildman–Crippen LogP) is -1.02. The first-order valence-electron chi connectivity index (χ1n) is 17.2. The fraction of sp³-hybridized carbons (Fsp3) is 0.688. The lowest BCUT2D eigenvalue weighted by Gasteiger charge is -2.26. The van der Waals surface area contributed by atoms with Crippen molar-refractivity contribution in [3.8, 4) is 0 Å². The maximum Gasteiger partial charge on any atom is 0.451 e. The summed E-state index contributed by atoms with van der Waals surface area (Å²) in [5.41, 5.74) is 10.3. The van der Waals surface area contributed by atoms with Gasteiger partial charge in [-0.05, 0) is 57.4 Å². The van der Waals surface area contributed by atoms with Gasteiger partial charge in [0, 0.05) is 43.9 Å². The number of hydrogen-bond acceptors (Lipinski definition) is 11. The lowest BCUT2D eigenvalue weighted by atomic mass is 9.78. The second kappa shape index (κ2) is 18.3. The maximum absolute atomic E-state index is 13.0. The molecule has 15 nitrogen and oxygen atoms in total. The van der Waals surface area contributed by atoms with Crippen molar-refractivity contribution in [2.24, 2.45) is 29.2 Å². The summed E-state index contributed by atoms with van der Waals surface area (Å²) in [5.74, 6) is -3.17. The number of carbonyl (C=O) groups is 4. The van der Waals surface area contributed by atoms with Crippen LogP contribution in [-0.4, -0.2) is 128 Å². The molecule has 1 aromatic rings. The Balaban J connectivity index is 0.000000271. The molecular weight excluding hydrogens is 636 g/mol. The Morgan fingerprint density at radius 2 is 1.31 bits per heavy atom. The summed E-state index contributed by atoms with van der Waals surface area (Å²) in [6.07, 6.45) is 6.46. The molecule has 2 heterocycles. The van der Waals surface area contributed by atoms with Gasteiger partial charge in [-0.15, -0.1) is 0 Å². The Labute approximate surface area is 288 Å². The molecule has 1 aliphatic carbocycles. The molecule has 1 aromatic carbocycles. The first-order valence-corrected chi connectivity index (χ1v) is 17.2. The highest BCUT2D eigenvalue weighted by Gasteiger charge is 2.52. The van der Waals surface area contributed by atoms with Gasteiger partial charge in [0.2, 0.25) is 11.8 Å². The molecule has 3 fully saturated rings. The van der Waals surface area contributed by atoms with Gasteiger partial charge >= 0.3 is 26.2 Å². The highest BCUT2D eigenvalue weighted by molar-refractivity contribution is 6.41. The van der Waals surface area contributed by atoms with Crippen LogP contribution in [0.15, 0.2) is 30.3 Å². The van der Waals surface area contributed by atoms with Crippen LogP contribution in [0.3, 0.4) is 0 Å². The van der Waals surface area contributed by atoms with Gasteiger partial charge in [0.1, 0.15) is 11.1 Å². The number of likely N-dealkylation sites (tertiary alicyclic amines) is 2. The monoisotopic (exact) mass is 689 g/mol. The standard InChI is InChI=1S/C18H28BN3O5.C14H25BN2O5/c1-21-15(10-13-6-3-2-4-7-13)16(23)22-11-14(8-5-9-19(26)27)18(20,12-22)17(24)25;16-14(13(19)20)9-17(12(18)10-4-1-2-5-10)8-11(14)6-3-7-15(21)22/h2-4,6-7,14-15,21,26-27H,5,8-12,20H2,1H3,(H,24,25);10-11,21-22H,1-9,16H2,(H,19,20)/t14-,15-,18-;11-,14-/m00/s1. The number of carboxylic acid groups (broad SMARTS) is 2. The molecule has 5 atom stereocenters. The second-order valence-electron chi connectivity index (χ2n) is 13.9. The molecule has 0 radical (unpaired) electrons. The number of nitrogens with one attached hydrogen (secondary N) is 1. The van der Waals surface area contributed by atoms with Crippen LogP contribution in [0.1, 0.15) is 56.9 Å². The normalized spacial score (nSPS) is 25.9. The molecule has 272 valence electrons. The van der Waals surface area contributed by atoms with Crippen LogP contribution in [0.4, 0.5) is 0 Å². The lowest BCUT2D eigenvalue weighted by molar-refractivity contribution is -0.145. The minimum Gasteiger partial charge on any atom is -0.480 e. The summed E-state index contributed by atoms with van der Waals surface area (Å²) >= 11 is 0. The van der Waals surface area contributed by atoms with E-state index in [2.05, 4.69) is 5.32 Å². The van der Waals surface area contributed by atoms with Crippen molar-refractivity contribution in [1.82, 2.24) is 15.1 Å². The summed E-state index contributed by atoms with van der Waals surface area (Å²) in [5, 5.41) is 57.8. The fourth-order valence-corrected chi connectivity index (χ4v) is 7.30. The van der Waals surface area contributed by atoms with E-state index in [-0.39, 0.29) is 55.9 Å². The Hall–Kier alpha value is -3.05. The van der Waals surface area contributed by atoms with Crippen LogP contribution in [0.25, 0.3) is 0 Å². The zero-order valence-electron chi connectivity index (χ0n) is 28.3. The van der Waals surface area contributed by atoms with Crippen LogP contribution in [-0.2, 0) is 25.6 Å². The molecule has 0 bridgehead atoms. The van der Waals surface area contributed by atoms with Crippen molar-refractivity contribution in [2.45, 2.75) is 87.5 Å². The number of amides is 2. The summed E-state index contributed by atoms with van der Waals surface area (Å²) in [6.45, 7) is 0.584. The molecule has 0 spiro atoms. The number of hydrogen-bond donors (Lipinski definition) is 9. The van der Waals surface area contributed by atoms with E-state index in [1.54, 1.807) is 11.9 Å². The van der Waals surface area contributed by atoms with Crippen LogP contribution in [0.2, 0.25) is 12.6 Å². The van der Waals surface area contributed by atoms with Crippen LogP contribution in [0, 0.1) is 17.8 Å². The number of rotatable bonds is 15. The summed E-state index contributed by atoms with van der Waals surface area (Å²) in [6, 6.07) is 9.13. The topological polar surface area (TPSA) is 260 Å². The van der Waals surface area contributed by atoms with Gasteiger partial charge in [-0.1, -0.05) is 56.0 Å². The van der Waals surface area contributed by atoms with Crippen molar-refractivity contribution in [1.29, 1.82) is 0 Å². The van der Waals surface area contributed by atoms with E-state index in [4.69, 9.17) is 31.6 Å². The number of carboxylic acids is 2. The summed E-state index contributed by atoms with van der Waals surface area (Å²) in [7, 11) is -1.12. The van der Waals surface area contributed by atoms with Gasteiger partial charge in [-0.2, -0.15) is 0 Å². The van der Waals surface area contributed by atoms with Crippen molar-refractivity contribution < 1.29 is 49.5 Å². The van der Waals surface area contributed by atoms with E-state index in [1.165, 1.54) is 4.90 Å². The van der Waals surface area contributed by atoms with Gasteiger partial charge in [0.15, 0.2) is 0 Å². The Kier molecular flexibility index (Phi) is 15.1. The van der Waals surface area contributed by atoms with E-state index in [1.807, 2.05) is 30.3 Å². The first-order chi connectivity index (χ1) is 23.1. The van der Waals surface area contributed by atoms with Crippen molar-refractivity contribution in [3.05, 3.63) is 35.9 Å². The largest absolute Gasteiger partial charge is 0.480 e. The van der Waals surface area contributed by atoms with Crippen molar-refractivity contribution in [3.63, 3.8) is 0 Å². The van der Waals surface area contributed by atoms with Gasteiger partial charge < -0.3 is 56.9 Å². The van der Waals surface area contributed by atoms with Crippen LogP contribution >= 0.6 is 0 Å². The first kappa shape index (κ1) is 40.4. The molecule has 17 heteroatoms. The minimum absolute atomic E-state index is 0.0102. The number of carbonyl (C=O) groups excluding carboxylic acids is 2. The molecule has 2 saturated heterocycles. The molecule has 0 aromatic heterocycles. The lowest BCUT2D eigenvalue weighted by Crippen LogP contribution is -2.55. The Morgan fingerprint density at radius 3 is 1.76 bits per heavy atom. The van der Waals surface area contributed by atoms with Crippen LogP contribution in [0.5, 0.6) is 0 Å². The SMILES string of the molecule is CN[C@@H](Cc1ccccc1)C(=O)N1C[C@H](CCCB(O)O)[C@](N)(C(=O)O)C1.N[C@@]1(C(=O)O)CN(C(=O)C2CCCC2)C[C@@H]1CCCB(O)O. The third kappa shape index (κ3) is 10.7. The van der Waals surface area contributed by atoms with Crippen molar-refractivity contribution >= 4 is 38.0 Å². The number of aliphatic carboxylic acids is 2. The molecule has 3 aliphatic rings. The fourth-order valence-electron chi connectivity index (χ4n) is 7.30. The highest BCUT2D eigenvalue weighted by Crippen LogP contribution is 2.34. The molecule has 1 saturated carbocycles. The third-order valence-electron chi connectivity index (χ3n) is 10.3. The van der Waals surface area contributed by atoms with E-state index in [0.717, 1.165) is 31.2 Å². The van der Waals surface area contributed by atoms with Gasteiger partial charge in [0.05, 0.1) is 6.04 Å². The summed E-state index contributed by atoms with van der Waals surface area (Å²) < 4.78 is 0. The maximum atomic E-state index is 13.0. The number of likely N-dealkylation sites (N-methyl/N-ethyl adjacent to an activating group) is 1. The molecule has 11 N–H and O–H groups in total. The second-order valence-corrected chi connectivity index (χ2v) is 13.9. The molecule has 49 heavy (non-hydrogen) atoms. The zero-order valence-corrected chi connectivity index (χ0v) is 28.3. The molecular formula is C32H53B2N5O10. The molecule has 0 unspecified atom stereocenters. The number of nitrogens with two attached hydrogens (primary N) is 2. The summed E-state index contributed by atoms with van der Waals surface area (Å²) in [4.78, 5) is 51.9. The van der Waals surface area contributed by atoms with E-state index in [0.29, 0.717) is 38.6 Å². The minimum atomic E-state index is -1.53. The third-order valence-corrected chi connectivity index (χ3v) is 10.3. The average molecular weight is 689 g/mol. The molecule has 2 aliphatic heterocycles.